The Hall–Kier alpha value is -0.840. The maximum absolute atomic E-state index is 12.2. The highest BCUT2D eigenvalue weighted by Crippen LogP contribution is 2.31. The Kier molecular flexibility index (Phi) is 6.27. The van der Waals surface area contributed by atoms with Crippen molar-refractivity contribution in [2.24, 2.45) is 0 Å². The molecule has 0 spiro atoms. The zero-order valence-corrected chi connectivity index (χ0v) is 15.0. The van der Waals surface area contributed by atoms with E-state index in [0.29, 0.717) is 11.6 Å². The molecule has 0 bridgehead atoms. The van der Waals surface area contributed by atoms with E-state index in [1.165, 1.54) is 0 Å². The summed E-state index contributed by atoms with van der Waals surface area (Å²) in [5.74, 6) is -0.0596. The van der Waals surface area contributed by atoms with Gasteiger partial charge in [0.2, 0.25) is 5.91 Å². The summed E-state index contributed by atoms with van der Waals surface area (Å²) in [6.07, 6.45) is 0. The lowest BCUT2D eigenvalue weighted by atomic mass is 10.1. The summed E-state index contributed by atoms with van der Waals surface area (Å²) in [4.78, 5) is 11.8. The van der Waals surface area contributed by atoms with Crippen LogP contribution in [0.5, 0.6) is 0 Å². The van der Waals surface area contributed by atoms with Crippen molar-refractivity contribution in [2.75, 3.05) is 0 Å². The minimum absolute atomic E-state index is 0.0596. The molecule has 2 aromatic carbocycles. The first-order valence-electron chi connectivity index (χ1n) is 6.43. The zero-order chi connectivity index (χ0) is 15.2. The van der Waals surface area contributed by atoms with E-state index in [-0.39, 0.29) is 15.6 Å². The molecule has 2 unspecified atom stereocenters. The predicted octanol–water partition coefficient (Wildman–Crippen LogP) is 4.86. The molecule has 110 valence electrons. The summed E-state index contributed by atoms with van der Waals surface area (Å²) in [5.41, 5.74) is 2.07. The summed E-state index contributed by atoms with van der Waals surface area (Å²) in [5, 5.41) is 3.60. The predicted molar refractivity (Wildman–Crippen MR) is 94.1 cm³/mol. The minimum Gasteiger partial charge on any atom is -0.351 e. The van der Waals surface area contributed by atoms with Crippen molar-refractivity contribution in [1.29, 1.82) is 0 Å². The number of alkyl halides is 2. The van der Waals surface area contributed by atoms with Gasteiger partial charge in [-0.3, -0.25) is 4.79 Å². The van der Waals surface area contributed by atoms with E-state index >= 15 is 0 Å². The van der Waals surface area contributed by atoms with Crippen molar-refractivity contribution >= 4 is 49.4 Å². The van der Waals surface area contributed by atoms with Gasteiger partial charge < -0.3 is 5.32 Å². The summed E-state index contributed by atoms with van der Waals surface area (Å²) >= 11 is 12.8. The van der Waals surface area contributed by atoms with Crippen molar-refractivity contribution < 1.29 is 4.79 Å². The topological polar surface area (TPSA) is 29.1 Å². The summed E-state index contributed by atoms with van der Waals surface area (Å²) in [7, 11) is 0. The fourth-order valence-electron chi connectivity index (χ4n) is 1.83. The van der Waals surface area contributed by atoms with Gasteiger partial charge in [-0.15, -0.1) is 0 Å². The standard InChI is InChI=1S/C16H14Br2ClNO/c17-14(12-4-2-1-3-5-12)15(18)16(21)20-10-11-6-8-13(19)9-7-11/h1-9,14-15H,10H2,(H,20,21). The van der Waals surface area contributed by atoms with Crippen molar-refractivity contribution in [3.63, 3.8) is 0 Å². The van der Waals surface area contributed by atoms with Crippen LogP contribution in [0.1, 0.15) is 16.0 Å². The van der Waals surface area contributed by atoms with E-state index in [2.05, 4.69) is 37.2 Å². The number of amides is 1. The number of carbonyl (C=O) groups excluding carboxylic acids is 1. The fourth-order valence-corrected chi connectivity index (χ4v) is 2.97. The van der Waals surface area contributed by atoms with Gasteiger partial charge in [-0.2, -0.15) is 0 Å². The normalized spacial score (nSPS) is 13.5. The first-order chi connectivity index (χ1) is 10.1. The van der Waals surface area contributed by atoms with Gasteiger partial charge in [-0.25, -0.2) is 0 Å². The molecule has 0 fully saturated rings. The molecule has 2 atom stereocenters. The number of hydrogen-bond acceptors (Lipinski definition) is 1. The Bertz CT molecular complexity index is 589. The van der Waals surface area contributed by atoms with Crippen LogP contribution < -0.4 is 5.32 Å². The molecule has 2 nitrogen and oxygen atoms in total. The van der Waals surface area contributed by atoms with Crippen LogP contribution >= 0.6 is 43.5 Å². The molecule has 0 aromatic heterocycles. The lowest BCUT2D eigenvalue weighted by Gasteiger charge is -2.17. The first kappa shape index (κ1) is 16.5. The molecule has 1 N–H and O–H groups in total. The monoisotopic (exact) mass is 429 g/mol. The van der Waals surface area contributed by atoms with Crippen LogP contribution in [0.4, 0.5) is 0 Å². The van der Waals surface area contributed by atoms with Gasteiger partial charge in [0.25, 0.3) is 0 Å². The van der Waals surface area contributed by atoms with Crippen LogP contribution in [-0.2, 0) is 11.3 Å². The van der Waals surface area contributed by atoms with Crippen molar-refractivity contribution in [3.8, 4) is 0 Å². The van der Waals surface area contributed by atoms with Crippen LogP contribution in [0, 0.1) is 0 Å². The van der Waals surface area contributed by atoms with Gasteiger partial charge in [0.15, 0.2) is 0 Å². The molecular weight excluding hydrogens is 417 g/mol. The molecule has 2 rings (SSSR count). The molecule has 1 amide bonds. The lowest BCUT2D eigenvalue weighted by Crippen LogP contribution is -2.32. The third kappa shape index (κ3) is 4.83. The zero-order valence-electron chi connectivity index (χ0n) is 11.1. The van der Waals surface area contributed by atoms with Gasteiger partial charge in [0, 0.05) is 11.6 Å². The smallest absolute Gasteiger partial charge is 0.235 e. The summed E-state index contributed by atoms with van der Waals surface area (Å²) in [6.45, 7) is 0.479. The van der Waals surface area contributed by atoms with Gasteiger partial charge in [0.05, 0.1) is 4.83 Å². The molecule has 0 radical (unpaired) electrons. The SMILES string of the molecule is O=C(NCc1ccc(Cl)cc1)C(Br)C(Br)c1ccccc1. The van der Waals surface area contributed by atoms with Crippen molar-refractivity contribution in [3.05, 3.63) is 70.7 Å². The Morgan fingerprint density at radius 2 is 1.67 bits per heavy atom. The molecule has 0 aliphatic heterocycles. The maximum atomic E-state index is 12.2. The van der Waals surface area contributed by atoms with E-state index in [1.54, 1.807) is 0 Å². The second kappa shape index (κ2) is 7.97. The van der Waals surface area contributed by atoms with E-state index < -0.39 is 0 Å². The van der Waals surface area contributed by atoms with E-state index in [4.69, 9.17) is 11.6 Å². The Balaban J connectivity index is 1.92. The average Bonchev–Trinajstić information content (AvgIpc) is 2.53. The Morgan fingerprint density at radius 1 is 1.05 bits per heavy atom. The number of rotatable bonds is 5. The third-order valence-corrected chi connectivity index (χ3v) is 5.97. The van der Waals surface area contributed by atoms with E-state index in [1.807, 2.05) is 54.6 Å². The van der Waals surface area contributed by atoms with Crippen LogP contribution in [-0.4, -0.2) is 10.7 Å². The van der Waals surface area contributed by atoms with E-state index in [0.717, 1.165) is 11.1 Å². The quantitative estimate of drug-likeness (QED) is 0.674. The Morgan fingerprint density at radius 3 is 2.29 bits per heavy atom. The van der Waals surface area contributed by atoms with Gasteiger partial charge in [-0.1, -0.05) is 85.9 Å². The molecular formula is C16H14Br2ClNO. The molecule has 0 saturated carbocycles. The number of hydrogen-bond donors (Lipinski definition) is 1. The highest BCUT2D eigenvalue weighted by atomic mass is 79.9. The highest BCUT2D eigenvalue weighted by molar-refractivity contribution is 9.12. The number of benzene rings is 2. The molecule has 21 heavy (non-hydrogen) atoms. The van der Waals surface area contributed by atoms with Gasteiger partial charge >= 0.3 is 0 Å². The number of halogens is 3. The minimum atomic E-state index is -0.341. The van der Waals surface area contributed by atoms with Gasteiger partial charge in [0.1, 0.15) is 4.83 Å². The number of carbonyl (C=O) groups is 1. The molecule has 2 aromatic rings. The fraction of sp³-hybridized carbons (Fsp3) is 0.188. The van der Waals surface area contributed by atoms with Crippen molar-refractivity contribution in [1.82, 2.24) is 5.32 Å². The molecule has 5 heteroatoms. The highest BCUT2D eigenvalue weighted by Gasteiger charge is 2.24. The average molecular weight is 432 g/mol. The lowest BCUT2D eigenvalue weighted by molar-refractivity contribution is -0.120. The summed E-state index contributed by atoms with van der Waals surface area (Å²) in [6, 6.07) is 17.2. The molecule has 0 saturated heterocycles. The van der Waals surface area contributed by atoms with Crippen LogP contribution in [0.2, 0.25) is 5.02 Å². The second-order valence-corrected chi connectivity index (χ2v) is 6.97. The van der Waals surface area contributed by atoms with Crippen molar-refractivity contribution in [2.45, 2.75) is 16.2 Å². The van der Waals surface area contributed by atoms with E-state index in [9.17, 15) is 4.79 Å². The Labute approximate surface area is 146 Å². The second-order valence-electron chi connectivity index (χ2n) is 4.56. The largest absolute Gasteiger partial charge is 0.351 e. The van der Waals surface area contributed by atoms with Crippen LogP contribution in [0.3, 0.4) is 0 Å². The van der Waals surface area contributed by atoms with Crippen LogP contribution in [0.25, 0.3) is 0 Å². The number of nitrogens with one attached hydrogen (secondary N) is 1. The van der Waals surface area contributed by atoms with Crippen LogP contribution in [0.15, 0.2) is 54.6 Å². The summed E-state index contributed by atoms with van der Waals surface area (Å²) < 4.78 is 0. The first-order valence-corrected chi connectivity index (χ1v) is 8.64. The van der Waals surface area contributed by atoms with Gasteiger partial charge in [-0.05, 0) is 23.3 Å². The molecule has 0 aliphatic rings. The molecule has 0 aliphatic carbocycles. The maximum Gasteiger partial charge on any atom is 0.235 e. The molecule has 0 heterocycles. The third-order valence-electron chi connectivity index (χ3n) is 3.01.